The van der Waals surface area contributed by atoms with Gasteiger partial charge in [0.1, 0.15) is 0 Å². The molecule has 0 aliphatic heterocycles. The van der Waals surface area contributed by atoms with Gasteiger partial charge in [-0.3, -0.25) is 0 Å². The van der Waals surface area contributed by atoms with Gasteiger partial charge in [-0.15, -0.1) is 0 Å². The molecule has 0 spiro atoms. The van der Waals surface area contributed by atoms with Crippen molar-refractivity contribution in [2.24, 2.45) is 0 Å². The van der Waals surface area contributed by atoms with Gasteiger partial charge >= 0.3 is 62.0 Å². The Hall–Kier alpha value is 1.19. The molecule has 1 N–H and O–H groups in total. The maximum absolute atomic E-state index is 3.40. The molecule has 0 saturated heterocycles. The fraction of sp³-hybridized carbons (Fsp3) is 1.00. The normalized spacial score (nSPS) is 17.9. The van der Waals surface area contributed by atoms with Gasteiger partial charge in [0.25, 0.3) is 0 Å². The van der Waals surface area contributed by atoms with E-state index in [0.717, 1.165) is 0 Å². The summed E-state index contributed by atoms with van der Waals surface area (Å²) in [6.07, 6.45) is 9.22. The summed E-state index contributed by atoms with van der Waals surface area (Å²) in [5.74, 6) is 0. The van der Waals surface area contributed by atoms with Gasteiger partial charge in [0.15, 0.2) is 0 Å². The van der Waals surface area contributed by atoms with Crippen molar-refractivity contribution in [1.82, 2.24) is 2.67 Å². The van der Waals surface area contributed by atoms with E-state index in [-0.39, 0.29) is 0 Å². The molecule has 3 heteroatoms. The van der Waals surface area contributed by atoms with Gasteiger partial charge in [-0.25, -0.2) is 0 Å². The summed E-state index contributed by atoms with van der Waals surface area (Å²) in [5, 5.41) is 0. The number of thiol groups is 1. The molecule has 0 aromatic heterocycles. The quantitative estimate of drug-likeness (QED) is 0.588. The summed E-state index contributed by atoms with van der Waals surface area (Å²) < 4.78 is 3.40. The van der Waals surface area contributed by atoms with Crippen LogP contribution in [0, 0.1) is 0 Å². The standard InChI is InChI=1S/C4H14NS.Zr/c1-6(2,3,4)5;/h5-6H,1-4H3;/q-1;+1. The van der Waals surface area contributed by atoms with Gasteiger partial charge in [-0.2, -0.15) is 0 Å². The van der Waals surface area contributed by atoms with E-state index in [2.05, 4.69) is 27.7 Å². The zero-order valence-electron chi connectivity index (χ0n) is 5.45. The third-order valence-corrected chi connectivity index (χ3v) is 7.94. The van der Waals surface area contributed by atoms with Crippen LogP contribution in [-0.4, -0.2) is 25.0 Å². The van der Waals surface area contributed by atoms with Crippen LogP contribution in [0.15, 0.2) is 0 Å². The molecule has 0 amide bonds. The topological polar surface area (TPSA) is 12.0 Å². The molecule has 45 valence electrons. The van der Waals surface area contributed by atoms with Crippen molar-refractivity contribution in [2.75, 3.05) is 25.0 Å². The van der Waals surface area contributed by atoms with Crippen LogP contribution in [-0.2, 0) is 25.0 Å². The Bertz CT molecular complexity index is 64.2. The summed E-state index contributed by atoms with van der Waals surface area (Å²) in [4.78, 5) is 0. The predicted molar refractivity (Wildman–Crippen MR) is 35.8 cm³/mol. The molecular weight excluding hydrogens is 185 g/mol. The molecule has 0 saturated carbocycles. The monoisotopic (exact) mass is 198 g/mol. The van der Waals surface area contributed by atoms with Crippen LogP contribution in [0.2, 0.25) is 0 Å². The first-order valence-electron chi connectivity index (χ1n) is 2.26. The van der Waals surface area contributed by atoms with Crippen molar-refractivity contribution in [2.45, 2.75) is 0 Å². The first-order chi connectivity index (χ1) is 2.81. The minimum absolute atomic E-state index is 1.29. The zero-order chi connectivity index (χ0) is 6.15. The summed E-state index contributed by atoms with van der Waals surface area (Å²) in [6, 6.07) is 0. The number of hydrogen-bond donors (Lipinski definition) is 2. The molecule has 7 heavy (non-hydrogen) atoms. The fourth-order valence-corrected chi connectivity index (χ4v) is 0. The molecule has 0 heterocycles. The van der Waals surface area contributed by atoms with Crippen LogP contribution < -0.4 is 2.67 Å². The Kier molecular flexibility index (Phi) is 2.17. The predicted octanol–water partition coefficient (Wildman–Crippen LogP) is 0.545. The average Bonchev–Trinajstić information content (AvgIpc) is 1.32. The number of rotatable bonds is 1. The van der Waals surface area contributed by atoms with Crippen molar-refractivity contribution < 1.29 is 25.0 Å². The second-order valence-corrected chi connectivity index (χ2v) is 12.7. The maximum atomic E-state index is 3.40. The van der Waals surface area contributed by atoms with Crippen LogP contribution in [0.5, 0.6) is 0 Å². The second-order valence-electron chi connectivity index (χ2n) is 3.69. The first kappa shape index (κ1) is 8.19. The van der Waals surface area contributed by atoms with Gasteiger partial charge in [-0.05, 0) is 0 Å². The van der Waals surface area contributed by atoms with E-state index in [9.17, 15) is 0 Å². The summed E-state index contributed by atoms with van der Waals surface area (Å²) in [5.41, 5.74) is 0. The second kappa shape index (κ2) is 1.86. The molecule has 1 nitrogen and oxygen atoms in total. The van der Waals surface area contributed by atoms with Gasteiger partial charge in [-0.1, -0.05) is 0 Å². The Morgan fingerprint density at radius 2 is 1.29 bits per heavy atom. The van der Waals surface area contributed by atoms with Crippen molar-refractivity contribution in [3.63, 3.8) is 0 Å². The molecule has 0 bridgehead atoms. The van der Waals surface area contributed by atoms with Crippen molar-refractivity contribution in [3.8, 4) is 0 Å². The molecule has 0 fully saturated rings. The third kappa shape index (κ3) is 7.19. The molecule has 0 atom stereocenters. The minimum atomic E-state index is -1.29. The Morgan fingerprint density at radius 3 is 1.29 bits per heavy atom. The Balaban J connectivity index is 3.83. The van der Waals surface area contributed by atoms with Crippen molar-refractivity contribution in [3.05, 3.63) is 0 Å². The van der Waals surface area contributed by atoms with E-state index in [0.29, 0.717) is 0 Å². The van der Waals surface area contributed by atoms with Gasteiger partial charge in [0.05, 0.1) is 0 Å². The van der Waals surface area contributed by atoms with Crippen LogP contribution in [0.1, 0.15) is 0 Å². The molecule has 0 aliphatic carbocycles. The summed E-state index contributed by atoms with van der Waals surface area (Å²) >= 11 is 1.45. The molecule has 0 aromatic carbocycles. The number of nitrogens with one attached hydrogen (secondary N) is 1. The van der Waals surface area contributed by atoms with E-state index in [4.69, 9.17) is 0 Å². The third-order valence-electron chi connectivity index (χ3n) is 0.447. The van der Waals surface area contributed by atoms with E-state index >= 15 is 0 Å². The van der Waals surface area contributed by atoms with Gasteiger partial charge < -0.3 is 0 Å². The molecule has 0 aliphatic rings. The summed E-state index contributed by atoms with van der Waals surface area (Å²) in [6.45, 7) is 0. The van der Waals surface area contributed by atoms with Crippen molar-refractivity contribution in [1.29, 1.82) is 0 Å². The molecule has 0 rings (SSSR count). The SMILES string of the molecule is C[SH](C)(C)(C)[NH][Zr]. The van der Waals surface area contributed by atoms with E-state index in [1.165, 1.54) is 25.0 Å². The molecular formula is C4H14NSZr. The van der Waals surface area contributed by atoms with E-state index in [1.807, 2.05) is 0 Å². The van der Waals surface area contributed by atoms with E-state index in [1.54, 1.807) is 0 Å². The zero-order valence-corrected chi connectivity index (χ0v) is 8.80. The van der Waals surface area contributed by atoms with Crippen LogP contribution in [0.4, 0.5) is 0 Å². The molecule has 0 radical (unpaired) electrons. The van der Waals surface area contributed by atoms with E-state index < -0.39 is 9.35 Å². The number of hydrogen-bond acceptors (Lipinski definition) is 1. The Morgan fingerprint density at radius 1 is 1.14 bits per heavy atom. The molecule has 0 aromatic rings. The first-order valence-corrected chi connectivity index (χ1v) is 7.52. The van der Waals surface area contributed by atoms with Gasteiger partial charge in [0, 0.05) is 0 Å². The Labute approximate surface area is 61.9 Å². The van der Waals surface area contributed by atoms with Crippen molar-refractivity contribution >= 4 is 9.35 Å². The van der Waals surface area contributed by atoms with Crippen LogP contribution in [0.3, 0.4) is 0 Å². The molecule has 0 unspecified atom stereocenters. The van der Waals surface area contributed by atoms with Gasteiger partial charge in [0.2, 0.25) is 0 Å². The van der Waals surface area contributed by atoms with Crippen LogP contribution in [0.25, 0.3) is 0 Å². The average molecular weight is 199 g/mol. The fourth-order valence-electron chi connectivity index (χ4n) is 0. The van der Waals surface area contributed by atoms with Crippen LogP contribution >= 0.6 is 9.35 Å². The summed E-state index contributed by atoms with van der Waals surface area (Å²) in [7, 11) is -1.29.